The van der Waals surface area contributed by atoms with E-state index in [-0.39, 0.29) is 11.9 Å². The van der Waals surface area contributed by atoms with E-state index in [2.05, 4.69) is 10.6 Å². The summed E-state index contributed by atoms with van der Waals surface area (Å²) >= 11 is 0. The molecule has 0 saturated carbocycles. The number of nitrogens with one attached hydrogen (secondary N) is 4. The van der Waals surface area contributed by atoms with Crippen molar-refractivity contribution in [2.45, 2.75) is 0 Å². The molecular weight excluding hydrogens is 396 g/mol. The van der Waals surface area contributed by atoms with Crippen molar-refractivity contribution >= 4 is 53.6 Å². The second-order valence-corrected chi connectivity index (χ2v) is 11.4. The van der Waals surface area contributed by atoms with E-state index in [1.54, 1.807) is 0 Å². The Bertz CT molecular complexity index is 580. The minimum atomic E-state index is -3.42. The number of hydrogen-bond acceptors (Lipinski definition) is 8. The minimum absolute atomic E-state index is 0.179. The molecule has 0 heterocycles. The fourth-order valence-electron chi connectivity index (χ4n) is 1.09. The van der Waals surface area contributed by atoms with Gasteiger partial charge in [-0.1, -0.05) is 21.6 Å². The highest BCUT2D eigenvalue weighted by Gasteiger charge is 2.14. The predicted molar refractivity (Wildman–Crippen MR) is 102 cm³/mol. The highest BCUT2D eigenvalue weighted by molar-refractivity contribution is 8.76. The van der Waals surface area contributed by atoms with Crippen LogP contribution < -0.4 is 10.6 Å². The fraction of sp³-hybridized carbons (Fsp3) is 0.800. The third kappa shape index (κ3) is 9.44. The van der Waals surface area contributed by atoms with E-state index in [1.165, 1.54) is 35.7 Å². The Morgan fingerprint density at radius 3 is 1.38 bits per heavy atom. The van der Waals surface area contributed by atoms with Gasteiger partial charge in [0.15, 0.2) is 0 Å². The lowest BCUT2D eigenvalue weighted by Gasteiger charge is -2.18. The van der Waals surface area contributed by atoms with Gasteiger partial charge in [-0.05, 0) is 0 Å². The molecule has 0 amide bonds. The van der Waals surface area contributed by atoms with Crippen LogP contribution in [0, 0.1) is 10.8 Å². The molecule has 24 heavy (non-hydrogen) atoms. The summed E-state index contributed by atoms with van der Waals surface area (Å²) < 4.78 is 46.6. The molecule has 0 aromatic rings. The average Bonchev–Trinajstić information content (AvgIpc) is 2.45. The van der Waals surface area contributed by atoms with Crippen LogP contribution in [0.5, 0.6) is 0 Å². The molecule has 0 atom stereocenters. The van der Waals surface area contributed by atoms with Crippen LogP contribution in [0.1, 0.15) is 0 Å². The topological polar surface area (TPSA) is 147 Å². The van der Waals surface area contributed by atoms with Crippen LogP contribution in [0.3, 0.4) is 0 Å². The molecule has 10 nitrogen and oxygen atoms in total. The normalized spacial score (nSPS) is 11.7. The van der Waals surface area contributed by atoms with Crippen LogP contribution in [0.15, 0.2) is 0 Å². The molecule has 0 radical (unpaired) electrons. The third-order valence-electron chi connectivity index (χ3n) is 2.66. The lowest BCUT2D eigenvalue weighted by atomic mass is 10.7. The summed E-state index contributed by atoms with van der Waals surface area (Å²) in [6.07, 6.45) is 2.05. The summed E-state index contributed by atoms with van der Waals surface area (Å²) in [6, 6.07) is 0. The quantitative estimate of drug-likeness (QED) is 0.164. The Labute approximate surface area is 151 Å². The molecule has 142 valence electrons. The number of guanidine groups is 2. The Kier molecular flexibility index (Phi) is 9.84. The first-order valence-electron chi connectivity index (χ1n) is 6.64. The molecule has 4 N–H and O–H groups in total. The Hall–Kier alpha value is -0.860. The van der Waals surface area contributed by atoms with Crippen molar-refractivity contribution in [3.8, 4) is 0 Å². The molecular formula is C10H24N6O4S4. The smallest absolute Gasteiger partial charge is 0.234 e. The van der Waals surface area contributed by atoms with Gasteiger partial charge in [-0.25, -0.2) is 25.4 Å². The molecule has 0 aliphatic heterocycles. The minimum Gasteiger partial charge on any atom is -0.355 e. The van der Waals surface area contributed by atoms with E-state index in [0.29, 0.717) is 24.6 Å². The van der Waals surface area contributed by atoms with Gasteiger partial charge >= 0.3 is 0 Å². The SMILES string of the molecule is CN(C(=N)NCCSSCCNC(=N)N(C)S(C)(=O)=O)S(C)(=O)=O. The van der Waals surface area contributed by atoms with Gasteiger partial charge in [-0.2, -0.15) is 0 Å². The van der Waals surface area contributed by atoms with Crippen molar-refractivity contribution < 1.29 is 16.8 Å². The van der Waals surface area contributed by atoms with Crippen LogP contribution in [-0.2, 0) is 20.0 Å². The molecule has 0 spiro atoms. The van der Waals surface area contributed by atoms with Crippen LogP contribution in [0.4, 0.5) is 0 Å². The molecule has 0 bridgehead atoms. The van der Waals surface area contributed by atoms with E-state index in [4.69, 9.17) is 10.8 Å². The summed E-state index contributed by atoms with van der Waals surface area (Å²) in [6.45, 7) is 0.882. The fourth-order valence-corrected chi connectivity index (χ4v) is 3.70. The Morgan fingerprint density at radius 1 is 0.833 bits per heavy atom. The van der Waals surface area contributed by atoms with Crippen molar-refractivity contribution in [1.82, 2.24) is 19.2 Å². The second-order valence-electron chi connectivity index (χ2n) is 4.66. The lowest BCUT2D eigenvalue weighted by Crippen LogP contribution is -2.42. The maximum atomic E-state index is 11.2. The lowest BCUT2D eigenvalue weighted by molar-refractivity contribution is 0.550. The molecule has 0 unspecified atom stereocenters. The van der Waals surface area contributed by atoms with Crippen molar-refractivity contribution in [3.63, 3.8) is 0 Å². The molecule has 0 aliphatic rings. The number of nitrogens with zero attached hydrogens (tertiary/aromatic N) is 2. The summed E-state index contributed by atoms with van der Waals surface area (Å²) in [7, 11) is -1.18. The van der Waals surface area contributed by atoms with Crippen molar-refractivity contribution in [2.75, 3.05) is 51.2 Å². The Balaban J connectivity index is 3.76. The Morgan fingerprint density at radius 2 is 1.12 bits per heavy atom. The average molecular weight is 421 g/mol. The van der Waals surface area contributed by atoms with Crippen molar-refractivity contribution in [3.05, 3.63) is 0 Å². The molecule has 0 fully saturated rings. The van der Waals surface area contributed by atoms with Gasteiger partial charge in [-0.3, -0.25) is 10.8 Å². The second kappa shape index (κ2) is 10.2. The van der Waals surface area contributed by atoms with Gasteiger partial charge in [0, 0.05) is 38.7 Å². The number of hydrogen-bond donors (Lipinski definition) is 4. The highest BCUT2D eigenvalue weighted by Crippen LogP contribution is 2.19. The van der Waals surface area contributed by atoms with E-state index in [9.17, 15) is 16.8 Å². The first-order chi connectivity index (χ1) is 10.9. The van der Waals surface area contributed by atoms with Gasteiger partial charge in [-0.15, -0.1) is 0 Å². The molecule has 0 rings (SSSR count). The maximum absolute atomic E-state index is 11.2. The number of sulfonamides is 2. The summed E-state index contributed by atoms with van der Waals surface area (Å²) in [5.74, 6) is 0.959. The monoisotopic (exact) mass is 420 g/mol. The van der Waals surface area contributed by atoms with Gasteiger partial charge in [0.25, 0.3) is 0 Å². The molecule has 0 aromatic heterocycles. The number of rotatable bonds is 9. The molecule has 0 saturated heterocycles. The van der Waals surface area contributed by atoms with Crippen LogP contribution >= 0.6 is 21.6 Å². The van der Waals surface area contributed by atoms with Gasteiger partial charge < -0.3 is 10.6 Å². The largest absolute Gasteiger partial charge is 0.355 e. The van der Waals surface area contributed by atoms with E-state index in [0.717, 1.165) is 21.1 Å². The van der Waals surface area contributed by atoms with Crippen LogP contribution in [0.25, 0.3) is 0 Å². The van der Waals surface area contributed by atoms with Crippen molar-refractivity contribution in [2.24, 2.45) is 0 Å². The standard InChI is InChI=1S/C10H24N6O4S4/c1-15(23(3,17)18)9(11)13-5-7-21-22-8-6-14-10(12)16(2)24(4,19)20/h5-8H2,1-4H3,(H2,11,13)(H2,12,14). The van der Waals surface area contributed by atoms with E-state index < -0.39 is 20.0 Å². The summed E-state index contributed by atoms with van der Waals surface area (Å²) in [4.78, 5) is 0. The van der Waals surface area contributed by atoms with Gasteiger partial charge in [0.1, 0.15) is 0 Å². The summed E-state index contributed by atoms with van der Waals surface area (Å²) in [5, 5.41) is 20.5. The zero-order chi connectivity index (χ0) is 19.0. The molecule has 0 aliphatic carbocycles. The van der Waals surface area contributed by atoms with Crippen molar-refractivity contribution in [1.29, 1.82) is 10.8 Å². The van der Waals surface area contributed by atoms with Crippen LogP contribution in [0.2, 0.25) is 0 Å². The third-order valence-corrected chi connectivity index (χ3v) is 7.43. The predicted octanol–water partition coefficient (Wildman–Crippen LogP) is -0.801. The molecule has 0 aromatic carbocycles. The first kappa shape index (κ1) is 23.1. The van der Waals surface area contributed by atoms with Gasteiger partial charge in [0.05, 0.1) is 12.5 Å². The van der Waals surface area contributed by atoms with E-state index in [1.807, 2.05) is 0 Å². The maximum Gasteiger partial charge on any atom is 0.234 e. The highest BCUT2D eigenvalue weighted by atomic mass is 33.1. The zero-order valence-electron chi connectivity index (χ0n) is 14.0. The molecule has 14 heteroatoms. The zero-order valence-corrected chi connectivity index (χ0v) is 17.3. The first-order valence-corrected chi connectivity index (χ1v) is 12.8. The summed E-state index contributed by atoms with van der Waals surface area (Å²) in [5.41, 5.74) is 0. The van der Waals surface area contributed by atoms with Gasteiger partial charge in [0.2, 0.25) is 32.0 Å². The van der Waals surface area contributed by atoms with Crippen LogP contribution in [-0.4, -0.2) is 88.6 Å². The van der Waals surface area contributed by atoms with E-state index >= 15 is 0 Å².